The van der Waals surface area contributed by atoms with E-state index in [0.29, 0.717) is 0 Å². The number of quaternary nitrogens is 3. The molecule has 0 heterocycles. The summed E-state index contributed by atoms with van der Waals surface area (Å²) in [5, 5.41) is 0. The summed E-state index contributed by atoms with van der Waals surface area (Å²) in [6.45, 7) is 0. The number of halogens is 18. The molecule has 0 aromatic rings. The van der Waals surface area contributed by atoms with E-state index < -0.39 is 2.64 Å². The number of rotatable bonds is 0. The van der Waals surface area contributed by atoms with Crippen molar-refractivity contribution >= 4 is 243 Å². The minimum absolute atomic E-state index is 0. The van der Waals surface area contributed by atoms with Gasteiger partial charge in [0.05, 0.1) is 0 Å². The number of hydrogen-bond acceptors (Lipinski definition) is 0. The topological polar surface area (TPSA) is 110 Å². The van der Waals surface area contributed by atoms with Crippen LogP contribution in [0, 0.1) is 0 Å². The van der Waals surface area contributed by atoms with E-state index in [0.717, 1.165) is 0 Å². The standard InChI is InChI=1S/18BrH.3Ir.3H3N/h18*1H;;;;3*1H3/q;;;;;;;;;;;;;;;;;;3*+4;;;/p-15. The summed E-state index contributed by atoms with van der Waals surface area (Å²) in [6, 6.07) is 0. The smallest absolute Gasteiger partial charge is 0.369 e. The van der Waals surface area contributed by atoms with Gasteiger partial charge in [-0.05, 0) is 0 Å². The summed E-state index contributed by atoms with van der Waals surface area (Å²) in [6.07, 6.45) is 0. The molecule has 0 saturated carbocycles. The van der Waals surface area contributed by atoms with Gasteiger partial charge in [0, 0.05) is 0 Å². The van der Waals surface area contributed by atoms with Crippen LogP contribution in [-0.4, -0.2) is 0 Å². The summed E-state index contributed by atoms with van der Waals surface area (Å²) in [5.74, 6) is 0. The average molecular weight is 2070 g/mol. The molecule has 0 bridgehead atoms. The van der Waals surface area contributed by atoms with E-state index in [-0.39, 0.29) is 18.5 Å². The van der Waals surface area contributed by atoms with E-state index in [9.17, 15) is 0 Å². The van der Waals surface area contributed by atoms with Crippen molar-refractivity contribution in [2.75, 3.05) is 0 Å². The molecule has 0 unspecified atom stereocenters. The van der Waals surface area contributed by atoms with E-state index in [4.69, 9.17) is 0 Å². The van der Waals surface area contributed by atoms with Gasteiger partial charge in [0.2, 0.25) is 0 Å². The molecule has 0 aliphatic rings. The van der Waals surface area contributed by atoms with Crippen LogP contribution >= 0.6 is 243 Å². The molecule has 0 aromatic heterocycles. The van der Waals surface area contributed by atoms with Crippen LogP contribution < -0.4 is 18.5 Å². The predicted molar refractivity (Wildman–Crippen MR) is 179 cm³/mol. The first-order chi connectivity index (χ1) is 7.35. The molecule has 0 amide bonds. The van der Waals surface area contributed by atoms with Crippen molar-refractivity contribution in [1.29, 1.82) is 0 Å². The summed E-state index contributed by atoms with van der Waals surface area (Å²) in [5.41, 5.74) is 0. The Bertz CT molecular complexity index is 273. The van der Waals surface area contributed by atoms with Crippen molar-refractivity contribution in [1.82, 2.24) is 18.5 Å². The van der Waals surface area contributed by atoms with Crippen LogP contribution in [0.2, 0.25) is 0 Å². The first kappa shape index (κ1) is 47.6. The van der Waals surface area contributed by atoms with E-state index in [1.54, 1.807) is 0 Å². The Morgan fingerprint density at radius 2 is 0.208 bits per heavy atom. The molecule has 183 valence electrons. The van der Waals surface area contributed by atoms with Crippen LogP contribution in [-0.2, 0) is 2.64 Å². The Kier molecular flexibility index (Phi) is 22.8. The minimum atomic E-state index is -3.29. The van der Waals surface area contributed by atoms with Gasteiger partial charge in [-0.15, -0.1) is 0 Å². The van der Waals surface area contributed by atoms with Crippen molar-refractivity contribution < 1.29 is 2.64 Å². The Morgan fingerprint density at radius 1 is 0.208 bits per heavy atom. The molecule has 12 N–H and O–H groups in total. The fraction of sp³-hybridized carbons (Fsp3) is 0. The maximum Gasteiger partial charge on any atom is -0.369 e. The van der Waals surface area contributed by atoms with Crippen molar-refractivity contribution in [3.8, 4) is 0 Å². The van der Waals surface area contributed by atoms with E-state index in [2.05, 4.69) is 243 Å². The SMILES string of the molecule is [Br][Ir-2]([Br])([Br])([Br])([Br])[Br].[Br][Ir-2]([Br])([Br])([Br])([Br])[Br].[Br][Ir-2]([Br])([Br])([Br])([Br])[Br].[NH4+].[NH4+].[NH4+]. The van der Waals surface area contributed by atoms with E-state index in [1.807, 2.05) is 0 Å². The third-order valence-corrected chi connectivity index (χ3v) is 0. The molecule has 0 aromatic carbocycles. The zero-order chi connectivity index (χ0) is 19.2. The summed E-state index contributed by atoms with van der Waals surface area (Å²) >= 11 is 60.4. The monoisotopic (exact) mass is 2050 g/mol. The largest absolute Gasteiger partial charge is 0.369 e. The molecule has 0 atom stereocenters. The van der Waals surface area contributed by atoms with Gasteiger partial charge < -0.3 is 18.5 Å². The first-order valence-corrected chi connectivity index (χ1v) is 96.5. The molecule has 0 radical (unpaired) electrons. The van der Waals surface area contributed by atoms with Crippen LogP contribution in [0.5, 0.6) is 0 Å². The molecule has 24 heteroatoms. The second-order valence-corrected chi connectivity index (χ2v) is 474. The Hall–Kier alpha value is 10.5. The molecule has 0 aliphatic carbocycles. The second kappa shape index (κ2) is 11.5. The van der Waals surface area contributed by atoms with Crippen molar-refractivity contribution in [2.45, 2.75) is 0 Å². The van der Waals surface area contributed by atoms with Gasteiger partial charge >= 0.3 is 246 Å². The van der Waals surface area contributed by atoms with Crippen LogP contribution in [0.1, 0.15) is 0 Å². The van der Waals surface area contributed by atoms with Gasteiger partial charge in [-0.1, -0.05) is 0 Å². The van der Waals surface area contributed by atoms with Gasteiger partial charge in [0.25, 0.3) is 0 Å². The first-order valence-electron chi connectivity index (χ1n) is 2.27. The quantitative estimate of drug-likeness (QED) is 0.215. The molecule has 0 spiro atoms. The van der Waals surface area contributed by atoms with Crippen molar-refractivity contribution in [2.24, 2.45) is 0 Å². The average Bonchev–Trinajstić information content (AvgIpc) is 1.19. The van der Waals surface area contributed by atoms with E-state index in [1.165, 1.54) is 0 Å². The normalized spacial score (nSPS) is 20.2. The molecule has 0 aliphatic heterocycles. The zero-order valence-electron chi connectivity index (χ0n) is 10.8. The van der Waals surface area contributed by atoms with Crippen LogP contribution in [0.15, 0.2) is 0 Å². The number of hydrogen-bond donors (Lipinski definition) is 3. The third kappa shape index (κ3) is 293. The fourth-order valence-electron chi connectivity index (χ4n) is 0. The van der Waals surface area contributed by atoms with Crippen LogP contribution in [0.25, 0.3) is 0 Å². The van der Waals surface area contributed by atoms with Gasteiger partial charge in [0.15, 0.2) is 0 Å². The Balaban J connectivity index is -0.0000000476. The molecular formula is H12Br18Ir3N3-3. The summed E-state index contributed by atoms with van der Waals surface area (Å²) in [4.78, 5) is 0. The predicted octanol–water partition coefficient (Wildman–Crippen LogP) is 16.3. The van der Waals surface area contributed by atoms with Crippen LogP contribution in [0.3, 0.4) is 0 Å². The minimum Gasteiger partial charge on any atom is -0.369 e. The third-order valence-electron chi connectivity index (χ3n) is 0. The van der Waals surface area contributed by atoms with Crippen molar-refractivity contribution in [3.63, 3.8) is 0 Å². The Labute approximate surface area is 255 Å². The molecule has 24 heavy (non-hydrogen) atoms. The Morgan fingerprint density at radius 3 is 0.208 bits per heavy atom. The molecule has 0 fully saturated rings. The van der Waals surface area contributed by atoms with E-state index >= 15 is 0 Å². The van der Waals surface area contributed by atoms with Gasteiger partial charge in [-0.3, -0.25) is 0 Å². The molecular weight excluding hydrogens is 2060 g/mol. The zero-order valence-corrected chi connectivity index (χ0v) is 46.5. The summed E-state index contributed by atoms with van der Waals surface area (Å²) < 4.78 is -9.87. The summed E-state index contributed by atoms with van der Waals surface area (Å²) in [7, 11) is 0. The molecule has 0 saturated heterocycles. The second-order valence-electron chi connectivity index (χ2n) is 2.14. The molecule has 0 rings (SSSR count). The molecule has 3 nitrogen and oxygen atoms in total. The van der Waals surface area contributed by atoms with Crippen LogP contribution in [0.4, 0.5) is 0 Å². The van der Waals surface area contributed by atoms with Gasteiger partial charge in [-0.2, -0.15) is 0 Å². The van der Waals surface area contributed by atoms with Gasteiger partial charge in [0.1, 0.15) is 0 Å². The van der Waals surface area contributed by atoms with Crippen molar-refractivity contribution in [3.05, 3.63) is 0 Å². The van der Waals surface area contributed by atoms with Gasteiger partial charge in [-0.25, -0.2) is 0 Å². The maximum absolute atomic E-state index is 3.35. The fourth-order valence-corrected chi connectivity index (χ4v) is 0. The maximum atomic E-state index is 3.35.